The second-order valence-electron chi connectivity index (χ2n) is 5.84. The standard InChI is InChI=1S/C16H32ClN/c1-2-3-4-5-6-7-11-14-18-16-13-10-8-9-12-15(16)17/h15-16,18H,2-14H2,1H3. The molecule has 1 saturated carbocycles. The highest BCUT2D eigenvalue weighted by Gasteiger charge is 2.20. The number of hydrogen-bond acceptors (Lipinski definition) is 1. The Morgan fingerprint density at radius 1 is 0.889 bits per heavy atom. The van der Waals surface area contributed by atoms with Gasteiger partial charge in [0.2, 0.25) is 0 Å². The molecule has 1 rings (SSSR count). The smallest absolute Gasteiger partial charge is 0.0489 e. The average Bonchev–Trinajstić information content (AvgIpc) is 2.58. The molecule has 1 fully saturated rings. The van der Waals surface area contributed by atoms with Gasteiger partial charge >= 0.3 is 0 Å². The molecule has 2 heteroatoms. The van der Waals surface area contributed by atoms with Crippen LogP contribution in [0.15, 0.2) is 0 Å². The van der Waals surface area contributed by atoms with Gasteiger partial charge in [-0.05, 0) is 25.8 Å². The van der Waals surface area contributed by atoms with E-state index in [4.69, 9.17) is 11.6 Å². The van der Waals surface area contributed by atoms with Gasteiger partial charge in [0.1, 0.15) is 0 Å². The Balaban J connectivity index is 1.93. The Hall–Kier alpha value is 0.250. The van der Waals surface area contributed by atoms with Gasteiger partial charge in [0.05, 0.1) is 0 Å². The zero-order chi connectivity index (χ0) is 13.1. The minimum Gasteiger partial charge on any atom is -0.313 e. The second kappa shape index (κ2) is 11.1. The van der Waals surface area contributed by atoms with E-state index in [9.17, 15) is 0 Å². The lowest BCUT2D eigenvalue weighted by atomic mass is 10.1. The molecule has 0 aromatic heterocycles. The molecule has 0 aliphatic heterocycles. The molecule has 1 nitrogen and oxygen atoms in total. The van der Waals surface area contributed by atoms with Crippen LogP contribution in [0.5, 0.6) is 0 Å². The fourth-order valence-corrected chi connectivity index (χ4v) is 3.23. The summed E-state index contributed by atoms with van der Waals surface area (Å²) in [4.78, 5) is 0. The monoisotopic (exact) mass is 273 g/mol. The summed E-state index contributed by atoms with van der Waals surface area (Å²) in [6.07, 6.45) is 16.3. The maximum absolute atomic E-state index is 6.42. The average molecular weight is 274 g/mol. The van der Waals surface area contributed by atoms with Crippen LogP contribution in [0.3, 0.4) is 0 Å². The van der Waals surface area contributed by atoms with Crippen LogP contribution in [0.1, 0.15) is 84.0 Å². The molecular formula is C16H32ClN. The summed E-state index contributed by atoms with van der Waals surface area (Å²) in [5, 5.41) is 4.05. The number of unbranched alkanes of at least 4 members (excludes halogenated alkanes) is 6. The maximum atomic E-state index is 6.42. The van der Waals surface area contributed by atoms with Crippen molar-refractivity contribution >= 4 is 11.6 Å². The first-order chi connectivity index (χ1) is 8.84. The van der Waals surface area contributed by atoms with Crippen LogP contribution in [-0.4, -0.2) is 18.0 Å². The lowest BCUT2D eigenvalue weighted by Gasteiger charge is -2.21. The molecule has 18 heavy (non-hydrogen) atoms. The lowest BCUT2D eigenvalue weighted by Crippen LogP contribution is -2.36. The first-order valence-electron chi connectivity index (χ1n) is 8.22. The summed E-state index contributed by atoms with van der Waals surface area (Å²) in [5.41, 5.74) is 0. The molecule has 2 atom stereocenters. The van der Waals surface area contributed by atoms with Crippen molar-refractivity contribution in [2.45, 2.75) is 95.4 Å². The Bertz CT molecular complexity index is 184. The van der Waals surface area contributed by atoms with Gasteiger partial charge in [-0.15, -0.1) is 11.6 Å². The Morgan fingerprint density at radius 3 is 2.33 bits per heavy atom. The minimum absolute atomic E-state index is 0.372. The van der Waals surface area contributed by atoms with E-state index in [-0.39, 0.29) is 0 Å². The van der Waals surface area contributed by atoms with Crippen molar-refractivity contribution in [3.8, 4) is 0 Å². The van der Waals surface area contributed by atoms with Gasteiger partial charge in [0.15, 0.2) is 0 Å². The van der Waals surface area contributed by atoms with Gasteiger partial charge in [-0.3, -0.25) is 0 Å². The van der Waals surface area contributed by atoms with E-state index in [0.717, 1.165) is 0 Å². The van der Waals surface area contributed by atoms with E-state index in [1.165, 1.54) is 83.6 Å². The third-order valence-electron chi connectivity index (χ3n) is 4.12. The van der Waals surface area contributed by atoms with Crippen molar-refractivity contribution in [2.24, 2.45) is 0 Å². The van der Waals surface area contributed by atoms with E-state index in [2.05, 4.69) is 12.2 Å². The fraction of sp³-hybridized carbons (Fsp3) is 1.00. The number of rotatable bonds is 9. The summed E-state index contributed by atoms with van der Waals surface area (Å²) in [6, 6.07) is 0.578. The highest BCUT2D eigenvalue weighted by molar-refractivity contribution is 6.21. The van der Waals surface area contributed by atoms with Crippen molar-refractivity contribution in [2.75, 3.05) is 6.54 Å². The van der Waals surface area contributed by atoms with Crippen molar-refractivity contribution in [1.82, 2.24) is 5.32 Å². The van der Waals surface area contributed by atoms with Crippen LogP contribution in [-0.2, 0) is 0 Å². The predicted octanol–water partition coefficient (Wildman–Crippen LogP) is 5.27. The largest absolute Gasteiger partial charge is 0.313 e. The topological polar surface area (TPSA) is 12.0 Å². The third-order valence-corrected chi connectivity index (χ3v) is 4.64. The van der Waals surface area contributed by atoms with Crippen molar-refractivity contribution in [3.63, 3.8) is 0 Å². The molecular weight excluding hydrogens is 242 g/mol. The molecule has 0 radical (unpaired) electrons. The highest BCUT2D eigenvalue weighted by Crippen LogP contribution is 2.22. The van der Waals surface area contributed by atoms with Crippen molar-refractivity contribution < 1.29 is 0 Å². The Kier molecular flexibility index (Phi) is 10.1. The molecule has 0 amide bonds. The van der Waals surface area contributed by atoms with Crippen molar-refractivity contribution in [3.05, 3.63) is 0 Å². The van der Waals surface area contributed by atoms with Gasteiger partial charge in [-0.1, -0.05) is 64.7 Å². The molecule has 0 heterocycles. The van der Waals surface area contributed by atoms with E-state index >= 15 is 0 Å². The number of hydrogen-bond donors (Lipinski definition) is 1. The fourth-order valence-electron chi connectivity index (χ4n) is 2.86. The zero-order valence-corrected chi connectivity index (χ0v) is 13.0. The first-order valence-corrected chi connectivity index (χ1v) is 8.65. The number of alkyl halides is 1. The van der Waals surface area contributed by atoms with E-state index in [1.54, 1.807) is 0 Å². The van der Waals surface area contributed by atoms with Crippen LogP contribution in [0, 0.1) is 0 Å². The first kappa shape index (κ1) is 16.3. The van der Waals surface area contributed by atoms with Crippen LogP contribution in [0.2, 0.25) is 0 Å². The second-order valence-corrected chi connectivity index (χ2v) is 6.40. The quantitative estimate of drug-likeness (QED) is 0.343. The summed E-state index contributed by atoms with van der Waals surface area (Å²) in [6.45, 7) is 3.45. The summed E-state index contributed by atoms with van der Waals surface area (Å²) in [7, 11) is 0. The summed E-state index contributed by atoms with van der Waals surface area (Å²) < 4.78 is 0. The van der Waals surface area contributed by atoms with Crippen LogP contribution in [0.4, 0.5) is 0 Å². The van der Waals surface area contributed by atoms with E-state index in [1.807, 2.05) is 0 Å². The third kappa shape index (κ3) is 7.63. The van der Waals surface area contributed by atoms with Gasteiger partial charge in [-0.2, -0.15) is 0 Å². The van der Waals surface area contributed by atoms with Gasteiger partial charge in [0.25, 0.3) is 0 Å². The molecule has 2 unspecified atom stereocenters. The molecule has 0 saturated heterocycles. The van der Waals surface area contributed by atoms with Gasteiger partial charge in [0, 0.05) is 11.4 Å². The SMILES string of the molecule is CCCCCCCCCNC1CCCCCC1Cl. The van der Waals surface area contributed by atoms with Crippen LogP contribution < -0.4 is 5.32 Å². The molecule has 0 spiro atoms. The summed E-state index contributed by atoms with van der Waals surface area (Å²) in [5.74, 6) is 0. The molecule has 0 aromatic rings. The number of nitrogens with one attached hydrogen (secondary N) is 1. The maximum Gasteiger partial charge on any atom is 0.0489 e. The molecule has 108 valence electrons. The zero-order valence-electron chi connectivity index (χ0n) is 12.2. The predicted molar refractivity (Wildman–Crippen MR) is 82.5 cm³/mol. The molecule has 1 aliphatic rings. The minimum atomic E-state index is 0.372. The van der Waals surface area contributed by atoms with Crippen LogP contribution in [0.25, 0.3) is 0 Å². The normalized spacial score (nSPS) is 25.0. The molecule has 0 aromatic carbocycles. The van der Waals surface area contributed by atoms with E-state index < -0.39 is 0 Å². The van der Waals surface area contributed by atoms with Gasteiger partial charge in [-0.25, -0.2) is 0 Å². The van der Waals surface area contributed by atoms with E-state index in [0.29, 0.717) is 11.4 Å². The lowest BCUT2D eigenvalue weighted by molar-refractivity contribution is 0.452. The van der Waals surface area contributed by atoms with Crippen LogP contribution >= 0.6 is 11.6 Å². The molecule has 0 bridgehead atoms. The highest BCUT2D eigenvalue weighted by atomic mass is 35.5. The molecule has 1 aliphatic carbocycles. The summed E-state index contributed by atoms with van der Waals surface area (Å²) >= 11 is 6.42. The van der Waals surface area contributed by atoms with Crippen molar-refractivity contribution in [1.29, 1.82) is 0 Å². The van der Waals surface area contributed by atoms with Gasteiger partial charge < -0.3 is 5.32 Å². The molecule has 1 N–H and O–H groups in total. The number of halogens is 1. The Morgan fingerprint density at radius 2 is 1.56 bits per heavy atom. The Labute approximate surface area is 119 Å².